The van der Waals surface area contributed by atoms with E-state index in [1.54, 1.807) is 12.3 Å². The van der Waals surface area contributed by atoms with Crippen LogP contribution >= 0.6 is 11.6 Å². The van der Waals surface area contributed by atoms with Crippen LogP contribution in [-0.4, -0.2) is 16.6 Å². The molecule has 0 unspecified atom stereocenters. The predicted octanol–water partition coefficient (Wildman–Crippen LogP) is 4.55. The van der Waals surface area contributed by atoms with Gasteiger partial charge in [0.05, 0.1) is 0 Å². The number of esters is 1. The van der Waals surface area contributed by atoms with Gasteiger partial charge in [-0.25, -0.2) is 9.78 Å². The van der Waals surface area contributed by atoms with Crippen molar-refractivity contribution in [3.05, 3.63) is 47.4 Å². The van der Waals surface area contributed by atoms with Crippen molar-refractivity contribution in [1.29, 1.82) is 0 Å². The third-order valence-electron chi connectivity index (χ3n) is 2.80. The van der Waals surface area contributed by atoms with E-state index in [0.717, 1.165) is 16.5 Å². The summed E-state index contributed by atoms with van der Waals surface area (Å²) in [5, 5.41) is 5.54. The smallest absolute Gasteiger partial charge is 0.333 e. The van der Waals surface area contributed by atoms with Gasteiger partial charge in [-0.1, -0.05) is 23.7 Å². The number of anilines is 1. The van der Waals surface area contributed by atoms with Crippen LogP contribution in [0.2, 0.25) is 5.15 Å². The number of nitrogens with zero attached hydrogens (tertiary/aromatic N) is 1. The molecule has 2 aromatic rings. The fraction of sp³-hybridized carbons (Fsp3) is 0.294. The maximum absolute atomic E-state index is 11.8. The van der Waals surface area contributed by atoms with Gasteiger partial charge in [0.25, 0.3) is 0 Å². The van der Waals surface area contributed by atoms with E-state index in [4.69, 9.17) is 16.3 Å². The normalized spacial score (nSPS) is 12.3. The minimum Gasteiger partial charge on any atom is -0.457 e. The van der Waals surface area contributed by atoms with Crippen molar-refractivity contribution in [2.75, 3.05) is 5.32 Å². The Kier molecular flexibility index (Phi) is 4.71. The molecule has 1 aromatic carbocycles. The van der Waals surface area contributed by atoms with Crippen LogP contribution in [0.1, 0.15) is 27.7 Å². The summed E-state index contributed by atoms with van der Waals surface area (Å²) in [6.45, 7) is 7.31. The Morgan fingerprint density at radius 1 is 1.36 bits per heavy atom. The zero-order valence-corrected chi connectivity index (χ0v) is 13.9. The first kappa shape index (κ1) is 16.3. The fourth-order valence-corrected chi connectivity index (χ4v) is 2.17. The summed E-state index contributed by atoms with van der Waals surface area (Å²) in [7, 11) is 0. The Morgan fingerprint density at radius 3 is 2.77 bits per heavy atom. The second-order valence-corrected chi connectivity index (χ2v) is 6.41. The lowest BCUT2D eigenvalue weighted by atomic mass is 10.1. The maximum atomic E-state index is 11.8. The molecule has 22 heavy (non-hydrogen) atoms. The zero-order chi connectivity index (χ0) is 16.3. The molecule has 1 heterocycles. The number of carbonyl (C=O) groups excluding carboxylic acids is 1. The number of nitrogens with one attached hydrogen (secondary N) is 1. The highest BCUT2D eigenvalue weighted by Gasteiger charge is 2.14. The van der Waals surface area contributed by atoms with E-state index in [9.17, 15) is 4.79 Å². The van der Waals surface area contributed by atoms with Gasteiger partial charge in [0.1, 0.15) is 10.8 Å². The molecule has 0 radical (unpaired) electrons. The summed E-state index contributed by atoms with van der Waals surface area (Å²) in [4.78, 5) is 15.9. The zero-order valence-electron chi connectivity index (χ0n) is 13.1. The molecule has 0 aliphatic heterocycles. The summed E-state index contributed by atoms with van der Waals surface area (Å²) in [6.07, 6.45) is 3.16. The molecule has 116 valence electrons. The van der Waals surface area contributed by atoms with Crippen molar-refractivity contribution < 1.29 is 9.53 Å². The lowest BCUT2D eigenvalue weighted by Crippen LogP contribution is -2.23. The van der Waals surface area contributed by atoms with E-state index in [2.05, 4.69) is 10.3 Å². The number of carbonyl (C=O) groups is 1. The first-order chi connectivity index (χ1) is 10.2. The lowest BCUT2D eigenvalue weighted by Gasteiger charge is -2.18. The van der Waals surface area contributed by atoms with Gasteiger partial charge in [-0.15, -0.1) is 0 Å². The Hall–Kier alpha value is -2.07. The van der Waals surface area contributed by atoms with Crippen LogP contribution in [-0.2, 0) is 9.53 Å². The molecule has 0 aliphatic carbocycles. The molecule has 0 bridgehead atoms. The molecule has 2 rings (SSSR count). The molecular weight excluding hydrogens is 300 g/mol. The van der Waals surface area contributed by atoms with Gasteiger partial charge >= 0.3 is 5.97 Å². The highest BCUT2D eigenvalue weighted by Crippen LogP contribution is 2.26. The van der Waals surface area contributed by atoms with Gasteiger partial charge < -0.3 is 10.1 Å². The standard InChI is InChI=1S/C17H19ClN2O2/c1-11(8-16(21)22-17(2,3)4)20-14-7-5-6-12-10-19-15(18)9-13(12)14/h5-10,20H,1-4H3/b11-8+. The molecule has 4 nitrogen and oxygen atoms in total. The van der Waals surface area contributed by atoms with E-state index in [0.29, 0.717) is 10.9 Å². The van der Waals surface area contributed by atoms with E-state index in [-0.39, 0.29) is 5.97 Å². The van der Waals surface area contributed by atoms with Gasteiger partial charge in [0, 0.05) is 34.4 Å². The van der Waals surface area contributed by atoms with Gasteiger partial charge in [-0.3, -0.25) is 0 Å². The minimum atomic E-state index is -0.507. The third kappa shape index (κ3) is 4.46. The number of pyridine rings is 1. The number of ether oxygens (including phenoxy) is 1. The summed E-state index contributed by atoms with van der Waals surface area (Å²) < 4.78 is 5.27. The van der Waals surface area contributed by atoms with Crippen LogP contribution in [0, 0.1) is 0 Å². The molecule has 5 heteroatoms. The highest BCUT2D eigenvalue weighted by atomic mass is 35.5. The van der Waals surface area contributed by atoms with Crippen LogP contribution in [0.5, 0.6) is 0 Å². The Bertz CT molecular complexity index is 733. The topological polar surface area (TPSA) is 51.2 Å². The molecule has 0 aliphatic rings. The van der Waals surface area contributed by atoms with Crippen molar-refractivity contribution >= 4 is 34.0 Å². The predicted molar refractivity (Wildman–Crippen MR) is 90.0 cm³/mol. The van der Waals surface area contributed by atoms with E-state index >= 15 is 0 Å². The van der Waals surface area contributed by atoms with Crippen molar-refractivity contribution in [2.24, 2.45) is 0 Å². The van der Waals surface area contributed by atoms with Gasteiger partial charge in [0.2, 0.25) is 0 Å². The summed E-state index contributed by atoms with van der Waals surface area (Å²) >= 11 is 5.96. The van der Waals surface area contributed by atoms with Gasteiger partial charge in [-0.2, -0.15) is 0 Å². The van der Waals surface area contributed by atoms with Gasteiger partial charge in [-0.05, 0) is 39.8 Å². The summed E-state index contributed by atoms with van der Waals surface area (Å²) in [6, 6.07) is 7.59. The summed E-state index contributed by atoms with van der Waals surface area (Å²) in [5.41, 5.74) is 1.04. The van der Waals surface area contributed by atoms with Gasteiger partial charge in [0.15, 0.2) is 0 Å². The molecule has 1 N–H and O–H groups in total. The number of allylic oxidation sites excluding steroid dienone is 1. The van der Waals surface area contributed by atoms with E-state index in [1.807, 2.05) is 45.9 Å². The first-order valence-electron chi connectivity index (χ1n) is 6.97. The molecule has 0 fully saturated rings. The average Bonchev–Trinajstić information content (AvgIpc) is 2.37. The van der Waals surface area contributed by atoms with E-state index in [1.165, 1.54) is 6.08 Å². The lowest BCUT2D eigenvalue weighted by molar-refractivity contribution is -0.148. The molecule has 0 amide bonds. The molecule has 0 spiro atoms. The number of fused-ring (bicyclic) bond motifs is 1. The average molecular weight is 319 g/mol. The first-order valence-corrected chi connectivity index (χ1v) is 7.35. The Labute approximate surface area is 135 Å². The molecular formula is C17H19ClN2O2. The fourth-order valence-electron chi connectivity index (χ4n) is 2.01. The molecule has 1 aromatic heterocycles. The van der Waals surface area contributed by atoms with Crippen molar-refractivity contribution in [1.82, 2.24) is 4.98 Å². The second-order valence-electron chi connectivity index (χ2n) is 6.02. The number of halogens is 1. The second kappa shape index (κ2) is 6.36. The van der Waals surface area contributed by atoms with Crippen LogP contribution < -0.4 is 5.32 Å². The maximum Gasteiger partial charge on any atom is 0.333 e. The Balaban J connectivity index is 2.23. The Morgan fingerprint density at radius 2 is 2.09 bits per heavy atom. The SMILES string of the molecule is C/C(=C\C(=O)OC(C)(C)C)Nc1cccc2cnc(Cl)cc12. The van der Waals surface area contributed by atoms with Crippen LogP contribution in [0.4, 0.5) is 5.69 Å². The van der Waals surface area contributed by atoms with Crippen molar-refractivity contribution in [3.63, 3.8) is 0 Å². The quantitative estimate of drug-likeness (QED) is 0.512. The minimum absolute atomic E-state index is 0.377. The van der Waals surface area contributed by atoms with Crippen LogP contribution in [0.25, 0.3) is 10.8 Å². The number of aromatic nitrogens is 1. The molecule has 0 saturated carbocycles. The number of hydrogen-bond donors (Lipinski definition) is 1. The van der Waals surface area contributed by atoms with Crippen molar-refractivity contribution in [3.8, 4) is 0 Å². The number of rotatable bonds is 3. The van der Waals surface area contributed by atoms with Crippen molar-refractivity contribution in [2.45, 2.75) is 33.3 Å². The van der Waals surface area contributed by atoms with Crippen LogP contribution in [0.15, 0.2) is 42.2 Å². The monoisotopic (exact) mass is 318 g/mol. The van der Waals surface area contributed by atoms with E-state index < -0.39 is 5.60 Å². The summed E-state index contributed by atoms with van der Waals surface area (Å²) in [5.74, 6) is -0.377. The largest absolute Gasteiger partial charge is 0.457 e. The molecule has 0 atom stereocenters. The number of hydrogen-bond acceptors (Lipinski definition) is 4. The van der Waals surface area contributed by atoms with Crippen LogP contribution in [0.3, 0.4) is 0 Å². The third-order valence-corrected chi connectivity index (χ3v) is 3.01. The molecule has 0 saturated heterocycles. The number of benzene rings is 1. The highest BCUT2D eigenvalue weighted by molar-refractivity contribution is 6.30.